The number of nitrogens with zero attached hydrogens (tertiary/aromatic N) is 3. The van der Waals surface area contributed by atoms with Gasteiger partial charge in [-0.05, 0) is 30.7 Å². The van der Waals surface area contributed by atoms with Crippen molar-refractivity contribution in [3.05, 3.63) is 113 Å². The normalized spacial score (nSPS) is 11.1. The van der Waals surface area contributed by atoms with Crippen LogP contribution in [0.3, 0.4) is 0 Å². The maximum absolute atomic E-state index is 12.7. The molecule has 0 unspecified atom stereocenters. The predicted molar refractivity (Wildman–Crippen MR) is 126 cm³/mol. The summed E-state index contributed by atoms with van der Waals surface area (Å²) in [6.45, 7) is 2.37. The van der Waals surface area contributed by atoms with Crippen molar-refractivity contribution in [3.63, 3.8) is 0 Å². The number of para-hydroxylation sites is 1. The zero-order chi connectivity index (χ0) is 22.3. The van der Waals surface area contributed by atoms with Crippen LogP contribution in [0.25, 0.3) is 23.0 Å². The van der Waals surface area contributed by atoms with Gasteiger partial charge in [-0.1, -0.05) is 78.4 Å². The smallest absolute Gasteiger partial charge is 0.262 e. The van der Waals surface area contributed by atoms with Crippen LogP contribution in [0.4, 0.5) is 0 Å². The lowest BCUT2D eigenvalue weighted by molar-refractivity contribution is -0.117. The van der Waals surface area contributed by atoms with Crippen molar-refractivity contribution in [2.75, 3.05) is 0 Å². The molecule has 0 saturated carbocycles. The summed E-state index contributed by atoms with van der Waals surface area (Å²) in [6.07, 6.45) is 3.43. The molecule has 4 rings (SSSR count). The fourth-order valence-corrected chi connectivity index (χ4v) is 3.31. The summed E-state index contributed by atoms with van der Waals surface area (Å²) in [5, 5.41) is 17.2. The summed E-state index contributed by atoms with van der Waals surface area (Å²) < 4.78 is 1.76. The highest BCUT2D eigenvalue weighted by Crippen LogP contribution is 2.25. The van der Waals surface area contributed by atoms with Crippen LogP contribution in [0, 0.1) is 18.3 Å². The van der Waals surface area contributed by atoms with Crippen LogP contribution in [-0.2, 0) is 11.3 Å². The minimum atomic E-state index is -0.417. The number of carbonyl (C=O) groups excluding carboxylic acids is 1. The summed E-state index contributed by atoms with van der Waals surface area (Å²) in [4.78, 5) is 12.7. The van der Waals surface area contributed by atoms with Gasteiger partial charge in [0.05, 0.1) is 11.4 Å². The molecule has 156 valence electrons. The lowest BCUT2D eigenvalue weighted by Gasteiger charge is -2.05. The molecule has 0 atom stereocenters. The third-order valence-electron chi connectivity index (χ3n) is 5.05. The molecule has 1 aromatic heterocycles. The van der Waals surface area contributed by atoms with E-state index in [0.29, 0.717) is 17.8 Å². The lowest BCUT2D eigenvalue weighted by atomic mass is 10.1. The van der Waals surface area contributed by atoms with Gasteiger partial charge in [-0.25, -0.2) is 4.68 Å². The minimum absolute atomic E-state index is 0.0295. The number of carbonyl (C=O) groups is 1. The molecular weight excluding hydrogens is 396 g/mol. The SMILES string of the molecule is Cc1ccc(CNC(=O)/C(C#N)=C/c2cn(-c3ccccc3)nc2-c2ccccc2)cc1. The second kappa shape index (κ2) is 9.59. The number of hydrogen-bond acceptors (Lipinski definition) is 3. The molecule has 0 spiro atoms. The van der Waals surface area contributed by atoms with E-state index in [1.807, 2.05) is 104 Å². The van der Waals surface area contributed by atoms with Crippen LogP contribution >= 0.6 is 0 Å². The summed E-state index contributed by atoms with van der Waals surface area (Å²) in [7, 11) is 0. The minimum Gasteiger partial charge on any atom is -0.347 e. The van der Waals surface area contributed by atoms with E-state index in [9.17, 15) is 10.1 Å². The Balaban J connectivity index is 1.65. The first kappa shape index (κ1) is 20.8. The Morgan fingerprint density at radius 1 is 1.00 bits per heavy atom. The van der Waals surface area contributed by atoms with Gasteiger partial charge in [-0.15, -0.1) is 0 Å². The van der Waals surface area contributed by atoms with Gasteiger partial charge in [0, 0.05) is 23.9 Å². The van der Waals surface area contributed by atoms with Gasteiger partial charge in [0.25, 0.3) is 5.91 Å². The van der Waals surface area contributed by atoms with E-state index in [-0.39, 0.29) is 5.57 Å². The molecular formula is C27H22N4O. The molecule has 5 heteroatoms. The highest BCUT2D eigenvalue weighted by atomic mass is 16.1. The standard InChI is InChI=1S/C27H22N4O/c1-20-12-14-21(15-13-20)18-29-27(32)23(17-28)16-24-19-31(25-10-6-3-7-11-25)30-26(24)22-8-4-2-5-9-22/h2-16,19H,18H2,1H3,(H,29,32)/b23-16+. The Bertz CT molecular complexity index is 1280. The van der Waals surface area contributed by atoms with Gasteiger partial charge in [-0.3, -0.25) is 4.79 Å². The number of nitriles is 1. The fourth-order valence-electron chi connectivity index (χ4n) is 3.31. The average Bonchev–Trinajstić information content (AvgIpc) is 3.27. The van der Waals surface area contributed by atoms with E-state index >= 15 is 0 Å². The van der Waals surface area contributed by atoms with Crippen molar-refractivity contribution in [1.29, 1.82) is 5.26 Å². The Morgan fingerprint density at radius 3 is 2.31 bits per heavy atom. The van der Waals surface area contributed by atoms with Crippen molar-refractivity contribution < 1.29 is 4.79 Å². The number of aromatic nitrogens is 2. The molecule has 4 aromatic rings. The molecule has 5 nitrogen and oxygen atoms in total. The number of rotatable bonds is 6. The monoisotopic (exact) mass is 418 g/mol. The number of aryl methyl sites for hydroxylation is 1. The summed E-state index contributed by atoms with van der Waals surface area (Å²) >= 11 is 0. The lowest BCUT2D eigenvalue weighted by Crippen LogP contribution is -2.23. The maximum Gasteiger partial charge on any atom is 0.262 e. The van der Waals surface area contributed by atoms with Crippen LogP contribution in [-0.4, -0.2) is 15.7 Å². The van der Waals surface area contributed by atoms with E-state index in [0.717, 1.165) is 22.4 Å². The van der Waals surface area contributed by atoms with E-state index in [1.165, 1.54) is 0 Å². The number of nitrogens with one attached hydrogen (secondary N) is 1. The Labute approximate surface area is 187 Å². The summed E-state index contributed by atoms with van der Waals surface area (Å²) in [5.74, 6) is -0.417. The maximum atomic E-state index is 12.7. The van der Waals surface area contributed by atoms with Gasteiger partial charge in [0.15, 0.2) is 0 Å². The first-order valence-electron chi connectivity index (χ1n) is 10.3. The molecule has 0 radical (unpaired) electrons. The molecule has 0 bridgehead atoms. The van der Waals surface area contributed by atoms with Crippen molar-refractivity contribution in [3.8, 4) is 23.0 Å². The van der Waals surface area contributed by atoms with E-state index in [2.05, 4.69) is 5.32 Å². The Hall–Kier alpha value is -4.43. The van der Waals surface area contributed by atoms with Crippen molar-refractivity contribution >= 4 is 12.0 Å². The summed E-state index contributed by atoms with van der Waals surface area (Å²) in [6, 6.07) is 29.4. The Morgan fingerprint density at radius 2 is 1.66 bits per heavy atom. The van der Waals surface area contributed by atoms with Crippen LogP contribution < -0.4 is 5.32 Å². The van der Waals surface area contributed by atoms with Crippen LogP contribution in [0.5, 0.6) is 0 Å². The molecule has 3 aromatic carbocycles. The molecule has 0 aliphatic heterocycles. The molecule has 1 heterocycles. The van der Waals surface area contributed by atoms with E-state index < -0.39 is 5.91 Å². The van der Waals surface area contributed by atoms with Crippen LogP contribution in [0.1, 0.15) is 16.7 Å². The molecule has 0 saturated heterocycles. The highest BCUT2D eigenvalue weighted by molar-refractivity contribution is 6.02. The van der Waals surface area contributed by atoms with Gasteiger partial charge in [0.2, 0.25) is 0 Å². The van der Waals surface area contributed by atoms with Crippen LogP contribution in [0.15, 0.2) is 96.7 Å². The van der Waals surface area contributed by atoms with Gasteiger partial charge in [0.1, 0.15) is 11.6 Å². The van der Waals surface area contributed by atoms with Crippen molar-refractivity contribution in [2.45, 2.75) is 13.5 Å². The first-order chi connectivity index (χ1) is 15.6. The second-order valence-corrected chi connectivity index (χ2v) is 7.42. The third-order valence-corrected chi connectivity index (χ3v) is 5.05. The zero-order valence-corrected chi connectivity index (χ0v) is 17.7. The predicted octanol–water partition coefficient (Wildman–Crippen LogP) is 5.07. The van der Waals surface area contributed by atoms with Gasteiger partial charge < -0.3 is 5.32 Å². The molecule has 1 amide bonds. The van der Waals surface area contributed by atoms with Gasteiger partial charge in [-0.2, -0.15) is 10.4 Å². The van der Waals surface area contributed by atoms with Crippen LogP contribution in [0.2, 0.25) is 0 Å². The first-order valence-corrected chi connectivity index (χ1v) is 10.3. The number of hydrogen-bond donors (Lipinski definition) is 1. The highest BCUT2D eigenvalue weighted by Gasteiger charge is 2.15. The zero-order valence-electron chi connectivity index (χ0n) is 17.7. The molecule has 0 aliphatic carbocycles. The molecule has 1 N–H and O–H groups in total. The third kappa shape index (κ3) is 4.82. The molecule has 32 heavy (non-hydrogen) atoms. The summed E-state index contributed by atoms with van der Waals surface area (Å²) in [5.41, 5.74) is 5.36. The Kier molecular flexibility index (Phi) is 6.24. The topological polar surface area (TPSA) is 70.7 Å². The van der Waals surface area contributed by atoms with Crippen molar-refractivity contribution in [2.24, 2.45) is 0 Å². The van der Waals surface area contributed by atoms with Gasteiger partial charge >= 0.3 is 0 Å². The quantitative estimate of drug-likeness (QED) is 0.351. The van der Waals surface area contributed by atoms with Crippen molar-refractivity contribution in [1.82, 2.24) is 15.1 Å². The average molecular weight is 419 g/mol. The second-order valence-electron chi connectivity index (χ2n) is 7.42. The van der Waals surface area contributed by atoms with E-state index in [4.69, 9.17) is 5.10 Å². The number of amides is 1. The molecule has 0 aliphatic rings. The fraction of sp³-hybridized carbons (Fsp3) is 0.0741. The largest absolute Gasteiger partial charge is 0.347 e. The molecule has 0 fully saturated rings. The number of benzene rings is 3. The van der Waals surface area contributed by atoms with E-state index in [1.54, 1.807) is 10.8 Å².